The number of nitrogens with one attached hydrogen (secondary N) is 1. The summed E-state index contributed by atoms with van der Waals surface area (Å²) in [6, 6.07) is 3.56. The van der Waals surface area contributed by atoms with Gasteiger partial charge in [-0.3, -0.25) is 0 Å². The summed E-state index contributed by atoms with van der Waals surface area (Å²) in [6.45, 7) is 2.41. The minimum absolute atomic E-state index is 0.264. The maximum absolute atomic E-state index is 11.1. The van der Waals surface area contributed by atoms with Crippen molar-refractivity contribution in [1.29, 1.82) is 0 Å². The maximum atomic E-state index is 11.1. The minimum atomic E-state index is -0.356. The van der Waals surface area contributed by atoms with Gasteiger partial charge in [-0.1, -0.05) is 11.6 Å². The maximum Gasteiger partial charge on any atom is 0.314 e. The number of carbonyl (C=O) groups is 1. The van der Waals surface area contributed by atoms with Crippen LogP contribution in [0.5, 0.6) is 11.5 Å². The highest BCUT2D eigenvalue weighted by Crippen LogP contribution is 2.38. The molecule has 6 nitrogen and oxygen atoms in total. The molecule has 1 fully saturated rings. The second kappa shape index (κ2) is 5.89. The van der Waals surface area contributed by atoms with Crippen molar-refractivity contribution >= 4 is 23.3 Å². The number of halogens is 1. The second-order valence-corrected chi connectivity index (χ2v) is 5.63. The van der Waals surface area contributed by atoms with E-state index < -0.39 is 0 Å². The van der Waals surface area contributed by atoms with Crippen molar-refractivity contribution in [2.45, 2.75) is 18.9 Å². The van der Waals surface area contributed by atoms with Gasteiger partial charge in [0.15, 0.2) is 11.5 Å². The monoisotopic (exact) mass is 311 g/mol. The fourth-order valence-electron chi connectivity index (χ4n) is 2.64. The Bertz CT molecular complexity index is 545. The first-order valence-corrected chi connectivity index (χ1v) is 7.41. The fourth-order valence-corrected chi connectivity index (χ4v) is 2.85. The number of nitrogens with two attached hydrogens (primary N) is 1. The van der Waals surface area contributed by atoms with Gasteiger partial charge in [-0.05, 0) is 12.8 Å². The van der Waals surface area contributed by atoms with Gasteiger partial charge in [-0.15, -0.1) is 0 Å². The zero-order valence-electron chi connectivity index (χ0n) is 11.6. The number of ether oxygens (including phenoxy) is 2. The average molecular weight is 312 g/mol. The molecule has 2 aliphatic rings. The van der Waals surface area contributed by atoms with Crippen LogP contribution in [0.2, 0.25) is 5.02 Å². The van der Waals surface area contributed by atoms with Crippen molar-refractivity contribution in [3.05, 3.63) is 17.2 Å². The van der Waals surface area contributed by atoms with Gasteiger partial charge < -0.3 is 25.4 Å². The molecule has 0 bridgehead atoms. The van der Waals surface area contributed by atoms with Crippen LogP contribution in [0, 0.1) is 0 Å². The molecule has 2 amide bonds. The van der Waals surface area contributed by atoms with Crippen LogP contribution in [0.3, 0.4) is 0 Å². The second-order valence-electron chi connectivity index (χ2n) is 5.22. The van der Waals surface area contributed by atoms with Crippen LogP contribution in [0.15, 0.2) is 12.1 Å². The molecule has 114 valence electrons. The van der Waals surface area contributed by atoms with E-state index >= 15 is 0 Å². The number of anilines is 1. The fraction of sp³-hybridized carbons (Fsp3) is 0.500. The molecule has 1 aromatic carbocycles. The number of fused-ring (bicyclic) bond motifs is 1. The highest BCUT2D eigenvalue weighted by atomic mass is 35.5. The van der Waals surface area contributed by atoms with Gasteiger partial charge in [0.2, 0.25) is 0 Å². The first kappa shape index (κ1) is 14.1. The van der Waals surface area contributed by atoms with Crippen molar-refractivity contribution in [2.24, 2.45) is 5.73 Å². The number of primary amides is 1. The summed E-state index contributed by atoms with van der Waals surface area (Å²) in [4.78, 5) is 12.8. The lowest BCUT2D eigenvalue weighted by molar-refractivity contribution is 0.171. The smallest absolute Gasteiger partial charge is 0.314 e. The van der Waals surface area contributed by atoms with E-state index in [-0.39, 0.29) is 12.1 Å². The van der Waals surface area contributed by atoms with Crippen LogP contribution in [-0.2, 0) is 0 Å². The van der Waals surface area contributed by atoms with Crippen LogP contribution in [0.1, 0.15) is 12.8 Å². The molecule has 2 aliphatic heterocycles. The highest BCUT2D eigenvalue weighted by molar-refractivity contribution is 6.33. The summed E-state index contributed by atoms with van der Waals surface area (Å²) in [7, 11) is 0. The number of carbonyl (C=O) groups excluding carboxylic acids is 1. The number of hydrogen-bond acceptors (Lipinski definition) is 4. The van der Waals surface area contributed by atoms with Crippen LogP contribution < -0.4 is 20.5 Å². The quantitative estimate of drug-likeness (QED) is 0.876. The number of benzene rings is 1. The molecular formula is C14H18ClN3O3. The first-order chi connectivity index (χ1) is 10.1. The summed E-state index contributed by atoms with van der Waals surface area (Å²) in [6.07, 6.45) is 1.68. The van der Waals surface area contributed by atoms with E-state index in [4.69, 9.17) is 26.8 Å². The molecule has 1 aromatic rings. The van der Waals surface area contributed by atoms with Gasteiger partial charge in [-0.25, -0.2) is 4.79 Å². The molecule has 0 spiro atoms. The molecular weight excluding hydrogens is 294 g/mol. The molecule has 3 rings (SSSR count). The van der Waals surface area contributed by atoms with Gasteiger partial charge in [-0.2, -0.15) is 0 Å². The molecule has 0 radical (unpaired) electrons. The summed E-state index contributed by atoms with van der Waals surface area (Å²) in [5, 5.41) is 4.02. The lowest BCUT2D eigenvalue weighted by Crippen LogP contribution is -2.44. The van der Waals surface area contributed by atoms with Crippen molar-refractivity contribution in [3.63, 3.8) is 0 Å². The molecule has 21 heavy (non-hydrogen) atoms. The molecule has 0 unspecified atom stereocenters. The Kier molecular flexibility index (Phi) is 3.96. The molecule has 0 aromatic heterocycles. The molecule has 1 saturated heterocycles. The number of likely N-dealkylation sites (tertiary alicyclic amines) is 1. The Balaban J connectivity index is 1.67. The lowest BCUT2D eigenvalue weighted by atomic mass is 10.0. The van der Waals surface area contributed by atoms with Gasteiger partial charge >= 0.3 is 6.03 Å². The summed E-state index contributed by atoms with van der Waals surface area (Å²) in [5.41, 5.74) is 6.11. The van der Waals surface area contributed by atoms with E-state index in [9.17, 15) is 4.79 Å². The number of rotatable bonds is 2. The van der Waals surface area contributed by atoms with E-state index in [1.165, 1.54) is 0 Å². The standard InChI is InChI=1S/C14H18ClN3O3/c15-10-7-12-13(21-6-5-20-12)8-11(10)17-9-1-3-18(4-2-9)14(16)19/h7-9,17H,1-6H2,(H2,16,19). The zero-order chi connectivity index (χ0) is 14.8. The molecule has 2 heterocycles. The molecule has 0 atom stereocenters. The Labute approximate surface area is 128 Å². The summed E-state index contributed by atoms with van der Waals surface area (Å²) >= 11 is 6.28. The Morgan fingerprint density at radius 3 is 2.48 bits per heavy atom. The van der Waals surface area contributed by atoms with Gasteiger partial charge in [0.05, 0.1) is 10.7 Å². The van der Waals surface area contributed by atoms with Crippen molar-refractivity contribution < 1.29 is 14.3 Å². The molecule has 7 heteroatoms. The summed E-state index contributed by atoms with van der Waals surface area (Å²) < 4.78 is 11.1. The minimum Gasteiger partial charge on any atom is -0.486 e. The van der Waals surface area contributed by atoms with Crippen LogP contribution >= 0.6 is 11.6 Å². The summed E-state index contributed by atoms with van der Waals surface area (Å²) in [5.74, 6) is 1.39. The predicted octanol–water partition coefficient (Wildman–Crippen LogP) is 2.07. The number of piperidine rings is 1. The first-order valence-electron chi connectivity index (χ1n) is 7.03. The lowest BCUT2D eigenvalue weighted by Gasteiger charge is -2.32. The van der Waals surface area contributed by atoms with Crippen LogP contribution in [0.25, 0.3) is 0 Å². The normalized spacial score (nSPS) is 18.4. The topological polar surface area (TPSA) is 76.8 Å². The largest absolute Gasteiger partial charge is 0.486 e. The van der Waals surface area contributed by atoms with E-state index in [0.717, 1.165) is 18.5 Å². The average Bonchev–Trinajstić information content (AvgIpc) is 2.48. The molecule has 0 saturated carbocycles. The van der Waals surface area contributed by atoms with Gasteiger partial charge in [0.1, 0.15) is 13.2 Å². The highest BCUT2D eigenvalue weighted by Gasteiger charge is 2.22. The van der Waals surface area contributed by atoms with Crippen molar-refractivity contribution in [2.75, 3.05) is 31.6 Å². The van der Waals surface area contributed by atoms with E-state index in [0.29, 0.717) is 42.8 Å². The number of amides is 2. The zero-order valence-corrected chi connectivity index (χ0v) is 12.4. The van der Waals surface area contributed by atoms with Crippen LogP contribution in [0.4, 0.5) is 10.5 Å². The predicted molar refractivity (Wildman–Crippen MR) is 80.2 cm³/mol. The Morgan fingerprint density at radius 1 is 1.24 bits per heavy atom. The van der Waals surface area contributed by atoms with E-state index in [1.807, 2.05) is 6.07 Å². The third kappa shape index (κ3) is 3.10. The third-order valence-electron chi connectivity index (χ3n) is 3.80. The van der Waals surface area contributed by atoms with Gasteiger partial charge in [0, 0.05) is 31.3 Å². The van der Waals surface area contributed by atoms with Crippen molar-refractivity contribution in [3.8, 4) is 11.5 Å². The molecule has 0 aliphatic carbocycles. The Morgan fingerprint density at radius 2 is 1.86 bits per heavy atom. The number of nitrogens with zero attached hydrogens (tertiary/aromatic N) is 1. The SMILES string of the molecule is NC(=O)N1CCC(Nc2cc3c(cc2Cl)OCCO3)CC1. The molecule has 3 N–H and O–H groups in total. The number of urea groups is 1. The van der Waals surface area contributed by atoms with Crippen molar-refractivity contribution in [1.82, 2.24) is 4.90 Å². The third-order valence-corrected chi connectivity index (χ3v) is 4.11. The Hall–Kier alpha value is -1.82. The van der Waals surface area contributed by atoms with E-state index in [2.05, 4.69) is 5.32 Å². The number of hydrogen-bond donors (Lipinski definition) is 2. The van der Waals surface area contributed by atoms with E-state index in [1.54, 1.807) is 11.0 Å². The van der Waals surface area contributed by atoms with Gasteiger partial charge in [0.25, 0.3) is 0 Å². The van der Waals surface area contributed by atoms with Crippen LogP contribution in [-0.4, -0.2) is 43.3 Å².